The molecule has 13 heavy (non-hydrogen) atoms. The molecule has 0 amide bonds. The van der Waals surface area contributed by atoms with Gasteiger partial charge in [-0.3, -0.25) is 0 Å². The van der Waals surface area contributed by atoms with Crippen LogP contribution in [0.15, 0.2) is 18.2 Å². The molecule has 1 N–H and O–H groups in total. The molecular formula is C10H11FN2. The van der Waals surface area contributed by atoms with E-state index in [-0.39, 0.29) is 11.6 Å². The molecule has 0 saturated carbocycles. The van der Waals surface area contributed by atoms with E-state index in [9.17, 15) is 4.39 Å². The highest BCUT2D eigenvalue weighted by Gasteiger charge is 2.06. The molecule has 0 bridgehead atoms. The number of hydrogen-bond acceptors (Lipinski definition) is 2. The van der Waals surface area contributed by atoms with E-state index in [2.05, 4.69) is 5.32 Å². The van der Waals surface area contributed by atoms with Gasteiger partial charge in [0, 0.05) is 6.04 Å². The number of hydrogen-bond donors (Lipinski definition) is 1. The Morgan fingerprint density at radius 3 is 2.77 bits per heavy atom. The SMILES string of the molecule is CN[C@H](C)c1ccc(F)c(C#N)c1. The summed E-state index contributed by atoms with van der Waals surface area (Å²) in [6.45, 7) is 1.95. The van der Waals surface area contributed by atoms with Gasteiger partial charge in [-0.25, -0.2) is 4.39 Å². The standard InChI is InChI=1S/C10H11FN2/c1-7(13-2)8-3-4-10(11)9(5-8)6-12/h3-5,7,13H,1-2H3/t7-/m1/s1. The minimum absolute atomic E-state index is 0.0969. The second-order valence-corrected chi connectivity index (χ2v) is 2.86. The molecule has 0 unspecified atom stereocenters. The Morgan fingerprint density at radius 2 is 2.23 bits per heavy atom. The Kier molecular flexibility index (Phi) is 2.99. The molecule has 0 heterocycles. The maximum atomic E-state index is 12.9. The maximum absolute atomic E-state index is 12.9. The lowest BCUT2D eigenvalue weighted by Gasteiger charge is -2.10. The van der Waals surface area contributed by atoms with E-state index in [1.165, 1.54) is 6.07 Å². The molecule has 3 heteroatoms. The van der Waals surface area contributed by atoms with Crippen molar-refractivity contribution < 1.29 is 4.39 Å². The fraction of sp³-hybridized carbons (Fsp3) is 0.300. The van der Waals surface area contributed by atoms with Crippen LogP contribution in [0.25, 0.3) is 0 Å². The minimum atomic E-state index is -0.463. The van der Waals surface area contributed by atoms with Gasteiger partial charge in [0.05, 0.1) is 5.56 Å². The molecular weight excluding hydrogens is 167 g/mol. The van der Waals surface area contributed by atoms with Gasteiger partial charge in [0.1, 0.15) is 11.9 Å². The first kappa shape index (κ1) is 9.69. The monoisotopic (exact) mass is 178 g/mol. The Labute approximate surface area is 77.0 Å². The van der Waals surface area contributed by atoms with Crippen molar-refractivity contribution in [3.05, 3.63) is 35.1 Å². The van der Waals surface area contributed by atoms with E-state index >= 15 is 0 Å². The maximum Gasteiger partial charge on any atom is 0.140 e. The summed E-state index contributed by atoms with van der Waals surface area (Å²) in [5.41, 5.74) is 1.01. The van der Waals surface area contributed by atoms with E-state index in [4.69, 9.17) is 5.26 Å². The van der Waals surface area contributed by atoms with Crippen molar-refractivity contribution in [2.75, 3.05) is 7.05 Å². The third-order valence-electron chi connectivity index (χ3n) is 2.04. The summed E-state index contributed by atoms with van der Waals surface area (Å²) in [5.74, 6) is -0.463. The smallest absolute Gasteiger partial charge is 0.140 e. The van der Waals surface area contributed by atoms with Crippen LogP contribution in [0.4, 0.5) is 4.39 Å². The summed E-state index contributed by atoms with van der Waals surface area (Å²) in [6, 6.07) is 6.51. The van der Waals surface area contributed by atoms with Gasteiger partial charge in [-0.2, -0.15) is 5.26 Å². The zero-order valence-electron chi connectivity index (χ0n) is 7.63. The van der Waals surface area contributed by atoms with Crippen molar-refractivity contribution in [2.24, 2.45) is 0 Å². The van der Waals surface area contributed by atoms with Crippen LogP contribution in [0.3, 0.4) is 0 Å². The lowest BCUT2D eigenvalue weighted by molar-refractivity contribution is 0.615. The average molecular weight is 178 g/mol. The van der Waals surface area contributed by atoms with Gasteiger partial charge in [-0.05, 0) is 31.7 Å². The fourth-order valence-electron chi connectivity index (χ4n) is 1.06. The van der Waals surface area contributed by atoms with Crippen molar-refractivity contribution in [3.8, 4) is 6.07 Å². The molecule has 0 aliphatic rings. The molecule has 0 aliphatic carbocycles. The van der Waals surface area contributed by atoms with Gasteiger partial charge in [0.15, 0.2) is 0 Å². The largest absolute Gasteiger partial charge is 0.313 e. The lowest BCUT2D eigenvalue weighted by atomic mass is 10.1. The van der Waals surface area contributed by atoms with Gasteiger partial charge in [0.25, 0.3) is 0 Å². The molecule has 1 rings (SSSR count). The van der Waals surface area contributed by atoms with Gasteiger partial charge in [-0.1, -0.05) is 6.07 Å². The third kappa shape index (κ3) is 2.04. The fourth-order valence-corrected chi connectivity index (χ4v) is 1.06. The van der Waals surface area contributed by atoms with Crippen LogP contribution in [0.2, 0.25) is 0 Å². The Hall–Kier alpha value is -1.40. The van der Waals surface area contributed by atoms with Crippen molar-refractivity contribution in [1.29, 1.82) is 5.26 Å². The number of nitrogens with one attached hydrogen (secondary N) is 1. The van der Waals surface area contributed by atoms with Crippen LogP contribution in [-0.2, 0) is 0 Å². The number of halogens is 1. The topological polar surface area (TPSA) is 35.8 Å². The van der Waals surface area contributed by atoms with Crippen LogP contribution >= 0.6 is 0 Å². The van der Waals surface area contributed by atoms with Crippen molar-refractivity contribution in [2.45, 2.75) is 13.0 Å². The highest BCUT2D eigenvalue weighted by molar-refractivity contribution is 5.35. The number of nitrogens with zero attached hydrogens (tertiary/aromatic N) is 1. The normalized spacial score (nSPS) is 12.2. The second kappa shape index (κ2) is 4.01. The van der Waals surface area contributed by atoms with Crippen molar-refractivity contribution >= 4 is 0 Å². The predicted octanol–water partition coefficient (Wildman–Crippen LogP) is 1.98. The molecule has 0 spiro atoms. The zero-order chi connectivity index (χ0) is 9.84. The van der Waals surface area contributed by atoms with E-state index in [1.807, 2.05) is 20.0 Å². The number of benzene rings is 1. The van der Waals surface area contributed by atoms with Crippen LogP contribution in [0.1, 0.15) is 24.1 Å². The van der Waals surface area contributed by atoms with Crippen molar-refractivity contribution in [1.82, 2.24) is 5.32 Å². The molecule has 1 atom stereocenters. The Bertz CT molecular complexity index is 341. The van der Waals surface area contributed by atoms with Crippen LogP contribution in [-0.4, -0.2) is 7.05 Å². The first-order chi connectivity index (χ1) is 6.19. The highest BCUT2D eigenvalue weighted by Crippen LogP contribution is 2.15. The van der Waals surface area contributed by atoms with Gasteiger partial charge in [0.2, 0.25) is 0 Å². The van der Waals surface area contributed by atoms with Crippen molar-refractivity contribution in [3.63, 3.8) is 0 Å². The Balaban J connectivity index is 3.08. The quantitative estimate of drug-likeness (QED) is 0.751. The van der Waals surface area contributed by atoms with E-state index < -0.39 is 5.82 Å². The van der Waals surface area contributed by atoms with Gasteiger partial charge >= 0.3 is 0 Å². The summed E-state index contributed by atoms with van der Waals surface area (Å²) >= 11 is 0. The second-order valence-electron chi connectivity index (χ2n) is 2.86. The van der Waals surface area contributed by atoms with Crippen LogP contribution < -0.4 is 5.32 Å². The summed E-state index contributed by atoms with van der Waals surface area (Å²) in [6.07, 6.45) is 0. The first-order valence-corrected chi connectivity index (χ1v) is 4.06. The molecule has 0 aromatic heterocycles. The third-order valence-corrected chi connectivity index (χ3v) is 2.04. The number of nitriles is 1. The summed E-state index contributed by atoms with van der Waals surface area (Å²) in [7, 11) is 1.82. The van der Waals surface area contributed by atoms with Gasteiger partial charge in [-0.15, -0.1) is 0 Å². The van der Waals surface area contributed by atoms with Crippen LogP contribution in [0, 0.1) is 17.1 Å². The van der Waals surface area contributed by atoms with E-state index in [1.54, 1.807) is 12.1 Å². The van der Waals surface area contributed by atoms with Gasteiger partial charge < -0.3 is 5.32 Å². The molecule has 68 valence electrons. The number of rotatable bonds is 2. The van der Waals surface area contributed by atoms with E-state index in [0.29, 0.717) is 0 Å². The predicted molar refractivity (Wildman–Crippen MR) is 48.6 cm³/mol. The summed E-state index contributed by atoms with van der Waals surface area (Å²) in [4.78, 5) is 0. The van der Waals surface area contributed by atoms with E-state index in [0.717, 1.165) is 5.56 Å². The average Bonchev–Trinajstić information content (AvgIpc) is 2.17. The zero-order valence-corrected chi connectivity index (χ0v) is 7.63. The molecule has 1 aromatic carbocycles. The summed E-state index contributed by atoms with van der Waals surface area (Å²) < 4.78 is 12.9. The summed E-state index contributed by atoms with van der Waals surface area (Å²) in [5, 5.41) is 11.6. The first-order valence-electron chi connectivity index (χ1n) is 4.06. The van der Waals surface area contributed by atoms with Crippen LogP contribution in [0.5, 0.6) is 0 Å². The minimum Gasteiger partial charge on any atom is -0.313 e. The molecule has 2 nitrogen and oxygen atoms in total. The molecule has 0 saturated heterocycles. The molecule has 0 radical (unpaired) electrons. The molecule has 1 aromatic rings. The lowest BCUT2D eigenvalue weighted by Crippen LogP contribution is -2.12. The Morgan fingerprint density at radius 1 is 1.54 bits per heavy atom. The molecule has 0 fully saturated rings. The highest BCUT2D eigenvalue weighted by atomic mass is 19.1. The molecule has 0 aliphatic heterocycles.